The minimum Gasteiger partial charge on any atom is -0.352 e. The Balaban J connectivity index is 1.84. The van der Waals surface area contributed by atoms with Gasteiger partial charge in [0.25, 0.3) is 10.0 Å². The summed E-state index contributed by atoms with van der Waals surface area (Å²) in [5, 5.41) is 2.90. The fourth-order valence-electron chi connectivity index (χ4n) is 4.98. The first-order valence-corrected chi connectivity index (χ1v) is 15.9. The number of nitrogens with one attached hydrogen (secondary N) is 1. The van der Waals surface area contributed by atoms with Gasteiger partial charge in [-0.3, -0.25) is 13.9 Å². The van der Waals surface area contributed by atoms with E-state index in [1.165, 1.54) is 23.1 Å². The number of halogens is 1. The Morgan fingerprint density at radius 1 is 0.818 bits per heavy atom. The monoisotopic (exact) mass is 615 g/mol. The molecule has 0 bridgehead atoms. The lowest BCUT2D eigenvalue weighted by atomic mass is 10.0. The predicted molar refractivity (Wildman–Crippen MR) is 171 cm³/mol. The van der Waals surface area contributed by atoms with E-state index in [2.05, 4.69) is 5.32 Å². The molecule has 230 valence electrons. The first-order chi connectivity index (χ1) is 21.0. The summed E-state index contributed by atoms with van der Waals surface area (Å²) in [4.78, 5) is 29.5. The lowest BCUT2D eigenvalue weighted by molar-refractivity contribution is -0.140. The number of benzene rings is 4. The molecule has 0 aliphatic rings. The maximum absolute atomic E-state index is 15.0. The van der Waals surface area contributed by atoms with Crippen molar-refractivity contribution >= 4 is 27.5 Å². The highest BCUT2D eigenvalue weighted by atomic mass is 32.2. The van der Waals surface area contributed by atoms with Gasteiger partial charge in [-0.1, -0.05) is 78.9 Å². The van der Waals surface area contributed by atoms with Gasteiger partial charge < -0.3 is 10.2 Å². The Kier molecular flexibility index (Phi) is 10.5. The molecular weight excluding hydrogens is 577 g/mol. The van der Waals surface area contributed by atoms with Gasteiger partial charge >= 0.3 is 0 Å². The molecule has 9 heteroatoms. The first kappa shape index (κ1) is 32.4. The highest BCUT2D eigenvalue weighted by molar-refractivity contribution is 7.92. The highest BCUT2D eigenvalue weighted by Gasteiger charge is 2.35. The van der Waals surface area contributed by atoms with Gasteiger partial charge in [-0.15, -0.1) is 0 Å². The Morgan fingerprint density at radius 3 is 2.07 bits per heavy atom. The van der Waals surface area contributed by atoms with Crippen LogP contribution in [0.2, 0.25) is 0 Å². The van der Waals surface area contributed by atoms with Crippen molar-refractivity contribution in [1.82, 2.24) is 10.2 Å². The van der Waals surface area contributed by atoms with Crippen molar-refractivity contribution in [3.63, 3.8) is 0 Å². The molecule has 1 N–H and O–H groups in total. The summed E-state index contributed by atoms with van der Waals surface area (Å²) in [5.74, 6) is -1.59. The number of amides is 2. The molecule has 0 aromatic heterocycles. The number of aryl methyl sites for hydroxylation is 1. The molecule has 0 fully saturated rings. The van der Waals surface area contributed by atoms with Crippen LogP contribution in [0.5, 0.6) is 0 Å². The average Bonchev–Trinajstić information content (AvgIpc) is 3.00. The van der Waals surface area contributed by atoms with Crippen molar-refractivity contribution in [1.29, 1.82) is 0 Å². The van der Waals surface area contributed by atoms with Gasteiger partial charge in [0, 0.05) is 24.6 Å². The van der Waals surface area contributed by atoms with Crippen LogP contribution in [0, 0.1) is 19.7 Å². The van der Waals surface area contributed by atoms with Gasteiger partial charge in [0.1, 0.15) is 18.4 Å². The van der Waals surface area contributed by atoms with Crippen molar-refractivity contribution < 1.29 is 22.4 Å². The molecule has 0 radical (unpaired) electrons. The number of hydrogen-bond donors (Lipinski definition) is 1. The molecule has 4 aromatic rings. The minimum absolute atomic E-state index is 0.0211. The fraction of sp³-hybridized carbons (Fsp3) is 0.257. The van der Waals surface area contributed by atoms with E-state index in [1.54, 1.807) is 55.5 Å². The Morgan fingerprint density at radius 2 is 1.43 bits per heavy atom. The molecule has 2 amide bonds. The molecule has 0 heterocycles. The van der Waals surface area contributed by atoms with Crippen LogP contribution in [0.15, 0.2) is 108 Å². The third-order valence-corrected chi connectivity index (χ3v) is 9.23. The molecule has 44 heavy (non-hydrogen) atoms. The maximum Gasteiger partial charge on any atom is 0.264 e. The number of rotatable bonds is 12. The molecule has 1 atom stereocenters. The van der Waals surface area contributed by atoms with Crippen LogP contribution in [-0.2, 0) is 32.6 Å². The summed E-state index contributed by atoms with van der Waals surface area (Å²) >= 11 is 0. The summed E-state index contributed by atoms with van der Waals surface area (Å²) in [7, 11) is -4.22. The Labute approximate surface area is 259 Å². The van der Waals surface area contributed by atoms with Crippen LogP contribution in [-0.4, -0.2) is 43.8 Å². The van der Waals surface area contributed by atoms with Gasteiger partial charge in [0.2, 0.25) is 11.8 Å². The van der Waals surface area contributed by atoms with Gasteiger partial charge in [0.15, 0.2) is 0 Å². The van der Waals surface area contributed by atoms with E-state index in [9.17, 15) is 18.0 Å². The number of carbonyl (C=O) groups is 2. The second kappa shape index (κ2) is 14.3. The quantitative estimate of drug-likeness (QED) is 0.218. The third-order valence-electron chi connectivity index (χ3n) is 7.46. The molecule has 4 rings (SSSR count). The molecule has 0 spiro atoms. The summed E-state index contributed by atoms with van der Waals surface area (Å²) < 4.78 is 44.3. The molecular formula is C35H38FN3O4S. The second-order valence-electron chi connectivity index (χ2n) is 11.0. The smallest absolute Gasteiger partial charge is 0.264 e. The van der Waals surface area contributed by atoms with Crippen molar-refractivity contribution in [2.24, 2.45) is 0 Å². The summed E-state index contributed by atoms with van der Waals surface area (Å²) in [6.07, 6.45) is 0.147. The lowest BCUT2D eigenvalue weighted by Crippen LogP contribution is -2.54. The van der Waals surface area contributed by atoms with Crippen LogP contribution < -0.4 is 9.62 Å². The zero-order chi connectivity index (χ0) is 31.9. The van der Waals surface area contributed by atoms with E-state index >= 15 is 4.39 Å². The van der Waals surface area contributed by atoms with Crippen molar-refractivity contribution in [3.8, 4) is 0 Å². The number of hydrogen-bond acceptors (Lipinski definition) is 4. The maximum atomic E-state index is 15.0. The zero-order valence-electron chi connectivity index (χ0n) is 25.4. The van der Waals surface area contributed by atoms with E-state index in [0.29, 0.717) is 11.3 Å². The van der Waals surface area contributed by atoms with Crippen molar-refractivity contribution in [2.75, 3.05) is 10.8 Å². The summed E-state index contributed by atoms with van der Waals surface area (Å²) in [6, 6.07) is 27.2. The topological polar surface area (TPSA) is 86.8 Å². The summed E-state index contributed by atoms with van der Waals surface area (Å²) in [5.41, 5.74) is 2.90. The fourth-order valence-corrected chi connectivity index (χ4v) is 6.48. The molecule has 0 saturated heterocycles. The Bertz CT molecular complexity index is 1700. The molecule has 0 aliphatic carbocycles. The molecule has 7 nitrogen and oxygen atoms in total. The number of nitrogens with zero attached hydrogens (tertiary/aromatic N) is 2. The third kappa shape index (κ3) is 7.71. The van der Waals surface area contributed by atoms with E-state index in [0.717, 1.165) is 15.4 Å². The first-order valence-electron chi connectivity index (χ1n) is 14.5. The van der Waals surface area contributed by atoms with Crippen LogP contribution in [0.4, 0.5) is 10.1 Å². The largest absolute Gasteiger partial charge is 0.352 e. The van der Waals surface area contributed by atoms with Crippen LogP contribution in [0.25, 0.3) is 0 Å². The number of anilines is 1. The normalized spacial score (nSPS) is 12.0. The van der Waals surface area contributed by atoms with Crippen molar-refractivity contribution in [3.05, 3.63) is 131 Å². The van der Waals surface area contributed by atoms with Gasteiger partial charge in [-0.2, -0.15) is 0 Å². The van der Waals surface area contributed by atoms with E-state index < -0.39 is 40.2 Å². The SMILES string of the molecule is Cc1cccc(N(CC(=O)N(Cc2ccccc2F)[C@@H](Cc2ccccc2)C(=O)NC(C)C)S(=O)(=O)c2ccccc2)c1C. The van der Waals surface area contributed by atoms with E-state index in [-0.39, 0.29) is 29.5 Å². The molecule has 4 aromatic carbocycles. The minimum atomic E-state index is -4.22. The van der Waals surface area contributed by atoms with Gasteiger partial charge in [-0.25, -0.2) is 12.8 Å². The van der Waals surface area contributed by atoms with Crippen LogP contribution in [0.1, 0.15) is 36.1 Å². The zero-order valence-corrected chi connectivity index (χ0v) is 26.2. The predicted octanol–water partition coefficient (Wildman–Crippen LogP) is 5.80. The Hall–Kier alpha value is -4.50. The number of sulfonamides is 1. The average molecular weight is 616 g/mol. The standard InChI is InChI=1S/C35H38FN3O4S/c1-25(2)37-35(41)33(22-28-15-7-5-8-16-28)38(23-29-17-11-12-20-31(29)36)34(40)24-39(32-21-13-14-26(3)27(32)4)44(42,43)30-18-9-6-10-19-30/h5-21,25,33H,22-24H2,1-4H3,(H,37,41)/t33-/m0/s1. The van der Waals surface area contributed by atoms with Gasteiger partial charge in [0.05, 0.1) is 10.6 Å². The lowest BCUT2D eigenvalue weighted by Gasteiger charge is -2.34. The summed E-state index contributed by atoms with van der Waals surface area (Å²) in [6.45, 7) is 6.46. The van der Waals surface area contributed by atoms with Crippen molar-refractivity contribution in [2.45, 2.75) is 57.6 Å². The molecule has 0 saturated carbocycles. The second-order valence-corrected chi connectivity index (χ2v) is 12.9. The van der Waals surface area contributed by atoms with Gasteiger partial charge in [-0.05, 0) is 68.7 Å². The highest BCUT2D eigenvalue weighted by Crippen LogP contribution is 2.29. The number of carbonyl (C=O) groups excluding carboxylic acids is 2. The van der Waals surface area contributed by atoms with Crippen LogP contribution >= 0.6 is 0 Å². The molecule has 0 aliphatic heterocycles. The molecule has 0 unspecified atom stereocenters. The van der Waals surface area contributed by atoms with E-state index in [1.807, 2.05) is 57.2 Å². The van der Waals surface area contributed by atoms with Crippen LogP contribution in [0.3, 0.4) is 0 Å². The van der Waals surface area contributed by atoms with E-state index in [4.69, 9.17) is 0 Å².